The topological polar surface area (TPSA) is 17.1 Å². The Balaban J connectivity index is 3.02. The summed E-state index contributed by atoms with van der Waals surface area (Å²) >= 11 is 5.82. The quantitative estimate of drug-likeness (QED) is 0.566. The summed E-state index contributed by atoms with van der Waals surface area (Å²) in [5.41, 5.74) is 0.737. The second-order valence-electron chi connectivity index (χ2n) is 4.02. The molecule has 12 heavy (non-hydrogen) atoms. The van der Waals surface area contributed by atoms with Crippen LogP contribution < -0.4 is 0 Å². The van der Waals surface area contributed by atoms with Crippen LogP contribution >= 0.6 is 11.6 Å². The maximum atomic E-state index is 11.4. The van der Waals surface area contributed by atoms with Gasteiger partial charge in [0.05, 0.1) is 0 Å². The number of rotatable bonds is 0. The third-order valence-corrected chi connectivity index (χ3v) is 2.14. The van der Waals surface area contributed by atoms with Gasteiger partial charge in [0.2, 0.25) is 0 Å². The predicted molar refractivity (Wildman–Crippen MR) is 51.1 cm³/mol. The zero-order valence-electron chi connectivity index (χ0n) is 7.65. The van der Waals surface area contributed by atoms with E-state index in [-0.39, 0.29) is 11.2 Å². The predicted octanol–water partition coefficient (Wildman–Crippen LogP) is 3.05. The average Bonchev–Trinajstić information content (AvgIpc) is 1.92. The summed E-state index contributed by atoms with van der Waals surface area (Å²) in [6, 6.07) is 0. The van der Waals surface area contributed by atoms with Gasteiger partial charge in [-0.05, 0) is 11.5 Å². The van der Waals surface area contributed by atoms with Gasteiger partial charge < -0.3 is 0 Å². The molecule has 0 N–H and O–H groups in total. The minimum absolute atomic E-state index is 0.0918. The highest BCUT2D eigenvalue weighted by molar-refractivity contribution is 6.32. The highest BCUT2D eigenvalue weighted by Gasteiger charge is 2.24. The number of ketones is 1. The van der Waals surface area contributed by atoms with Crippen LogP contribution in [0.5, 0.6) is 0 Å². The Morgan fingerprint density at radius 3 is 2.42 bits per heavy atom. The van der Waals surface area contributed by atoms with Crippen molar-refractivity contribution >= 4 is 17.4 Å². The van der Waals surface area contributed by atoms with Crippen molar-refractivity contribution in [3.8, 4) is 0 Å². The zero-order valence-corrected chi connectivity index (χ0v) is 8.40. The lowest BCUT2D eigenvalue weighted by Crippen LogP contribution is -2.19. The van der Waals surface area contributed by atoms with Gasteiger partial charge in [-0.2, -0.15) is 0 Å². The number of carbonyl (C=O) groups excluding carboxylic acids is 1. The number of allylic oxidation sites excluding steroid dienone is 4. The first kappa shape index (κ1) is 9.53. The smallest absolute Gasteiger partial charge is 0.163 e. The molecule has 0 aliphatic heterocycles. The van der Waals surface area contributed by atoms with E-state index in [2.05, 4.69) is 0 Å². The molecule has 0 spiro atoms. The van der Waals surface area contributed by atoms with Gasteiger partial charge in [-0.25, -0.2) is 0 Å². The standard InChI is InChI=1S/C10H13ClO/c1-10(2,3)8-6-7(11)4-5-9(8)12/h4,6H,5H2,1-3H3. The zero-order chi connectivity index (χ0) is 9.35. The van der Waals surface area contributed by atoms with Crippen LogP contribution in [0.1, 0.15) is 27.2 Å². The van der Waals surface area contributed by atoms with Gasteiger partial charge in [-0.1, -0.05) is 38.4 Å². The molecule has 0 bridgehead atoms. The van der Waals surface area contributed by atoms with Crippen LogP contribution in [-0.4, -0.2) is 5.78 Å². The summed E-state index contributed by atoms with van der Waals surface area (Å²) in [5.74, 6) is 0.187. The normalized spacial score (nSPS) is 18.8. The maximum Gasteiger partial charge on any atom is 0.163 e. The summed E-state index contributed by atoms with van der Waals surface area (Å²) in [6.45, 7) is 6.06. The highest BCUT2D eigenvalue weighted by atomic mass is 35.5. The summed E-state index contributed by atoms with van der Waals surface area (Å²) in [5, 5.41) is 0.680. The third kappa shape index (κ3) is 1.98. The SMILES string of the molecule is CC(C)(C)C1=CC(Cl)=CCC1=O. The lowest BCUT2D eigenvalue weighted by atomic mass is 9.81. The van der Waals surface area contributed by atoms with Gasteiger partial charge >= 0.3 is 0 Å². The molecule has 0 heterocycles. The van der Waals surface area contributed by atoms with Crippen LogP contribution in [0.4, 0.5) is 0 Å². The van der Waals surface area contributed by atoms with Crippen molar-refractivity contribution in [2.45, 2.75) is 27.2 Å². The first-order chi connectivity index (χ1) is 5.41. The average molecular weight is 185 g/mol. The van der Waals surface area contributed by atoms with E-state index in [1.807, 2.05) is 20.8 Å². The van der Waals surface area contributed by atoms with Gasteiger partial charge in [0.1, 0.15) is 0 Å². The van der Waals surface area contributed by atoms with E-state index < -0.39 is 0 Å². The van der Waals surface area contributed by atoms with Crippen LogP contribution in [-0.2, 0) is 4.79 Å². The van der Waals surface area contributed by atoms with Crippen molar-refractivity contribution in [2.24, 2.45) is 5.41 Å². The summed E-state index contributed by atoms with van der Waals surface area (Å²) < 4.78 is 0. The Kier molecular flexibility index (Phi) is 2.43. The number of hydrogen-bond acceptors (Lipinski definition) is 1. The van der Waals surface area contributed by atoms with Crippen LogP contribution in [0.15, 0.2) is 22.8 Å². The van der Waals surface area contributed by atoms with Crippen molar-refractivity contribution in [1.29, 1.82) is 0 Å². The Morgan fingerprint density at radius 1 is 1.42 bits per heavy atom. The van der Waals surface area contributed by atoms with E-state index >= 15 is 0 Å². The lowest BCUT2D eigenvalue weighted by molar-refractivity contribution is -0.115. The van der Waals surface area contributed by atoms with Gasteiger partial charge in [0.25, 0.3) is 0 Å². The largest absolute Gasteiger partial charge is 0.294 e. The Labute approximate surface area is 78.1 Å². The van der Waals surface area contributed by atoms with Crippen LogP contribution in [0.2, 0.25) is 0 Å². The molecular formula is C10H13ClO. The van der Waals surface area contributed by atoms with E-state index in [1.54, 1.807) is 12.2 Å². The number of Topliss-reactive ketones (excluding diaryl/α,β-unsaturated/α-hetero) is 1. The number of halogens is 1. The molecule has 66 valence electrons. The van der Waals surface area contributed by atoms with Gasteiger partial charge in [0.15, 0.2) is 5.78 Å². The molecule has 1 rings (SSSR count). The maximum absolute atomic E-state index is 11.4. The van der Waals surface area contributed by atoms with E-state index in [1.165, 1.54) is 0 Å². The molecule has 1 aliphatic carbocycles. The Morgan fingerprint density at radius 2 is 2.00 bits per heavy atom. The molecule has 0 atom stereocenters. The molecule has 0 aromatic heterocycles. The number of hydrogen-bond donors (Lipinski definition) is 0. The first-order valence-corrected chi connectivity index (χ1v) is 4.40. The molecule has 0 radical (unpaired) electrons. The fraction of sp³-hybridized carbons (Fsp3) is 0.500. The fourth-order valence-corrected chi connectivity index (χ4v) is 1.40. The van der Waals surface area contributed by atoms with Crippen molar-refractivity contribution in [3.63, 3.8) is 0 Å². The lowest BCUT2D eigenvalue weighted by Gasteiger charge is -2.23. The third-order valence-electron chi connectivity index (χ3n) is 1.87. The molecule has 1 nitrogen and oxygen atoms in total. The number of carbonyl (C=O) groups is 1. The van der Waals surface area contributed by atoms with Gasteiger partial charge in [-0.15, -0.1) is 0 Å². The van der Waals surface area contributed by atoms with Gasteiger partial charge in [0, 0.05) is 17.0 Å². The molecule has 0 aromatic rings. The fourth-order valence-electron chi connectivity index (χ4n) is 1.21. The summed E-state index contributed by atoms with van der Waals surface area (Å²) in [7, 11) is 0. The molecule has 0 amide bonds. The van der Waals surface area contributed by atoms with E-state index in [9.17, 15) is 4.79 Å². The molecule has 0 saturated carbocycles. The minimum Gasteiger partial charge on any atom is -0.294 e. The molecule has 1 aliphatic rings. The van der Waals surface area contributed by atoms with Crippen LogP contribution in [0.25, 0.3) is 0 Å². The molecular weight excluding hydrogens is 172 g/mol. The van der Waals surface area contributed by atoms with Crippen molar-refractivity contribution in [2.75, 3.05) is 0 Å². The molecule has 0 aromatic carbocycles. The molecule has 0 fully saturated rings. The van der Waals surface area contributed by atoms with Crippen LogP contribution in [0, 0.1) is 5.41 Å². The minimum atomic E-state index is -0.0918. The summed E-state index contributed by atoms with van der Waals surface area (Å²) in [6.07, 6.45) is 3.97. The summed E-state index contributed by atoms with van der Waals surface area (Å²) in [4.78, 5) is 11.4. The Bertz CT molecular complexity index is 266. The van der Waals surface area contributed by atoms with E-state index in [0.717, 1.165) is 5.57 Å². The molecule has 2 heteroatoms. The van der Waals surface area contributed by atoms with Crippen molar-refractivity contribution in [1.82, 2.24) is 0 Å². The first-order valence-electron chi connectivity index (χ1n) is 4.02. The van der Waals surface area contributed by atoms with Gasteiger partial charge in [-0.3, -0.25) is 4.79 Å². The second-order valence-corrected chi connectivity index (χ2v) is 4.46. The van der Waals surface area contributed by atoms with Crippen molar-refractivity contribution < 1.29 is 4.79 Å². The molecule has 0 saturated heterocycles. The highest BCUT2D eigenvalue weighted by Crippen LogP contribution is 2.31. The van der Waals surface area contributed by atoms with E-state index in [4.69, 9.17) is 11.6 Å². The Hall–Kier alpha value is -0.560. The van der Waals surface area contributed by atoms with Crippen molar-refractivity contribution in [3.05, 3.63) is 22.8 Å². The second kappa shape index (κ2) is 3.06. The van der Waals surface area contributed by atoms with Crippen LogP contribution in [0.3, 0.4) is 0 Å². The molecule has 0 unspecified atom stereocenters. The van der Waals surface area contributed by atoms with E-state index in [0.29, 0.717) is 11.5 Å². The monoisotopic (exact) mass is 184 g/mol.